The van der Waals surface area contributed by atoms with Crippen LogP contribution in [0.3, 0.4) is 0 Å². The standard InChI is InChI=1S/C14H10F3NO/c15-14(16,17)12-8-11(9-13(19)18-12)7-6-10-4-2-1-3-5-10/h1-9H,(H,18,19)/b7-6+. The molecular weight excluding hydrogens is 255 g/mol. The molecule has 1 N–H and O–H groups in total. The van der Waals surface area contributed by atoms with Crippen LogP contribution in [0.15, 0.2) is 47.3 Å². The molecule has 1 aromatic heterocycles. The van der Waals surface area contributed by atoms with E-state index in [-0.39, 0.29) is 5.56 Å². The van der Waals surface area contributed by atoms with Crippen molar-refractivity contribution in [1.82, 2.24) is 4.98 Å². The lowest BCUT2D eigenvalue weighted by atomic mass is 10.1. The van der Waals surface area contributed by atoms with Gasteiger partial charge >= 0.3 is 6.18 Å². The topological polar surface area (TPSA) is 32.9 Å². The normalized spacial score (nSPS) is 11.9. The van der Waals surface area contributed by atoms with Crippen molar-refractivity contribution in [2.24, 2.45) is 0 Å². The molecule has 0 saturated carbocycles. The predicted molar refractivity (Wildman–Crippen MR) is 67.4 cm³/mol. The summed E-state index contributed by atoms with van der Waals surface area (Å²) in [7, 11) is 0. The third-order valence-electron chi connectivity index (χ3n) is 2.44. The summed E-state index contributed by atoms with van der Waals surface area (Å²) in [6, 6.07) is 11.1. The number of pyridine rings is 1. The molecule has 0 amide bonds. The number of hydrogen-bond donors (Lipinski definition) is 1. The lowest BCUT2D eigenvalue weighted by Gasteiger charge is -2.06. The first-order chi connectivity index (χ1) is 8.95. The molecule has 0 atom stereocenters. The van der Waals surface area contributed by atoms with Gasteiger partial charge in [-0.05, 0) is 17.2 Å². The van der Waals surface area contributed by atoms with Crippen LogP contribution in [0.4, 0.5) is 13.2 Å². The van der Waals surface area contributed by atoms with Gasteiger partial charge in [0.25, 0.3) is 0 Å². The molecule has 19 heavy (non-hydrogen) atoms. The Morgan fingerprint density at radius 1 is 0.947 bits per heavy atom. The largest absolute Gasteiger partial charge is 0.431 e. The van der Waals surface area contributed by atoms with Gasteiger partial charge in [-0.1, -0.05) is 42.5 Å². The van der Waals surface area contributed by atoms with Crippen molar-refractivity contribution in [2.45, 2.75) is 6.18 Å². The molecule has 0 saturated heterocycles. The second-order valence-electron chi connectivity index (χ2n) is 3.93. The second kappa shape index (κ2) is 5.14. The number of aromatic nitrogens is 1. The molecule has 2 aromatic rings. The number of H-pyrrole nitrogens is 1. The molecule has 0 bridgehead atoms. The van der Waals surface area contributed by atoms with Crippen molar-refractivity contribution in [2.75, 3.05) is 0 Å². The summed E-state index contributed by atoms with van der Waals surface area (Å²) in [6.45, 7) is 0. The maximum absolute atomic E-state index is 12.5. The molecule has 0 unspecified atom stereocenters. The van der Waals surface area contributed by atoms with Gasteiger partial charge in [-0.3, -0.25) is 4.79 Å². The Morgan fingerprint density at radius 2 is 1.58 bits per heavy atom. The summed E-state index contributed by atoms with van der Waals surface area (Å²) in [5.41, 5.74) is -0.772. The van der Waals surface area contributed by atoms with E-state index in [1.165, 1.54) is 6.08 Å². The smallest absolute Gasteiger partial charge is 0.318 e. The molecule has 0 radical (unpaired) electrons. The average Bonchev–Trinajstić information content (AvgIpc) is 2.36. The van der Waals surface area contributed by atoms with E-state index in [1.807, 2.05) is 30.3 Å². The van der Waals surface area contributed by atoms with E-state index in [2.05, 4.69) is 0 Å². The van der Waals surface area contributed by atoms with Crippen LogP contribution in [-0.4, -0.2) is 4.98 Å². The fourth-order valence-electron chi connectivity index (χ4n) is 1.57. The van der Waals surface area contributed by atoms with Gasteiger partial charge in [0.05, 0.1) is 0 Å². The highest BCUT2D eigenvalue weighted by molar-refractivity contribution is 5.69. The summed E-state index contributed by atoms with van der Waals surface area (Å²) >= 11 is 0. The number of halogens is 3. The quantitative estimate of drug-likeness (QED) is 0.884. The fourth-order valence-corrected chi connectivity index (χ4v) is 1.57. The van der Waals surface area contributed by atoms with E-state index < -0.39 is 17.4 Å². The van der Waals surface area contributed by atoms with Crippen molar-refractivity contribution in [3.05, 3.63) is 69.6 Å². The summed E-state index contributed by atoms with van der Waals surface area (Å²) in [5, 5.41) is 0. The number of alkyl halides is 3. The minimum absolute atomic E-state index is 0.208. The maximum atomic E-state index is 12.5. The highest BCUT2D eigenvalue weighted by atomic mass is 19.4. The molecule has 5 heteroatoms. The Hall–Kier alpha value is -2.30. The van der Waals surface area contributed by atoms with E-state index in [1.54, 1.807) is 11.1 Å². The summed E-state index contributed by atoms with van der Waals surface area (Å²) in [6.07, 6.45) is -1.44. The van der Waals surface area contributed by atoms with Crippen molar-refractivity contribution >= 4 is 12.2 Å². The zero-order valence-corrected chi connectivity index (χ0v) is 9.74. The molecule has 2 nitrogen and oxygen atoms in total. The van der Waals surface area contributed by atoms with Crippen LogP contribution in [0.5, 0.6) is 0 Å². The molecule has 0 aliphatic heterocycles. The number of aromatic amines is 1. The first-order valence-electron chi connectivity index (χ1n) is 5.50. The van der Waals surface area contributed by atoms with Crippen molar-refractivity contribution in [3.63, 3.8) is 0 Å². The lowest BCUT2D eigenvalue weighted by molar-refractivity contribution is -0.141. The average molecular weight is 265 g/mol. The number of hydrogen-bond acceptors (Lipinski definition) is 1. The maximum Gasteiger partial charge on any atom is 0.431 e. The van der Waals surface area contributed by atoms with E-state index in [9.17, 15) is 18.0 Å². The lowest BCUT2D eigenvalue weighted by Crippen LogP contribution is -2.15. The third-order valence-corrected chi connectivity index (χ3v) is 2.44. The van der Waals surface area contributed by atoms with Crippen LogP contribution in [0.25, 0.3) is 12.2 Å². The zero-order chi connectivity index (χ0) is 13.9. The highest BCUT2D eigenvalue weighted by Crippen LogP contribution is 2.27. The van der Waals surface area contributed by atoms with Crippen molar-refractivity contribution < 1.29 is 13.2 Å². The molecule has 1 heterocycles. The zero-order valence-electron chi connectivity index (χ0n) is 9.74. The molecule has 0 fully saturated rings. The molecular formula is C14H10F3NO. The molecule has 98 valence electrons. The molecule has 2 rings (SSSR count). The first-order valence-corrected chi connectivity index (χ1v) is 5.50. The van der Waals surface area contributed by atoms with E-state index in [0.29, 0.717) is 0 Å². The van der Waals surface area contributed by atoms with Gasteiger partial charge in [0.2, 0.25) is 5.56 Å². The van der Waals surface area contributed by atoms with Gasteiger partial charge in [-0.25, -0.2) is 0 Å². The van der Waals surface area contributed by atoms with Gasteiger partial charge < -0.3 is 4.98 Å². The number of nitrogens with one attached hydrogen (secondary N) is 1. The SMILES string of the molecule is O=c1cc(/C=C/c2ccccc2)cc(C(F)(F)F)[nH]1. The number of rotatable bonds is 2. The fraction of sp³-hybridized carbons (Fsp3) is 0.0714. The number of benzene rings is 1. The van der Waals surface area contributed by atoms with Gasteiger partial charge in [-0.2, -0.15) is 13.2 Å². The van der Waals surface area contributed by atoms with Gasteiger partial charge in [0, 0.05) is 6.07 Å². The van der Waals surface area contributed by atoms with E-state index >= 15 is 0 Å². The molecule has 0 aliphatic rings. The van der Waals surface area contributed by atoms with Crippen LogP contribution in [0.2, 0.25) is 0 Å². The van der Waals surface area contributed by atoms with Crippen LogP contribution < -0.4 is 5.56 Å². The van der Waals surface area contributed by atoms with Crippen LogP contribution >= 0.6 is 0 Å². The van der Waals surface area contributed by atoms with E-state index in [4.69, 9.17) is 0 Å². The molecule has 1 aromatic carbocycles. The van der Waals surface area contributed by atoms with Crippen LogP contribution in [0.1, 0.15) is 16.8 Å². The van der Waals surface area contributed by atoms with Gasteiger partial charge in [0.1, 0.15) is 5.69 Å². The Bertz CT molecular complexity index is 642. The minimum Gasteiger partial charge on any atom is -0.318 e. The van der Waals surface area contributed by atoms with Gasteiger partial charge in [-0.15, -0.1) is 0 Å². The summed E-state index contributed by atoms with van der Waals surface area (Å²) in [5.74, 6) is 0. The summed E-state index contributed by atoms with van der Waals surface area (Å²) < 4.78 is 37.6. The van der Waals surface area contributed by atoms with Gasteiger partial charge in [0.15, 0.2) is 0 Å². The van der Waals surface area contributed by atoms with Crippen molar-refractivity contribution in [1.29, 1.82) is 0 Å². The monoisotopic (exact) mass is 265 g/mol. The Labute approximate surface area is 107 Å². The van der Waals surface area contributed by atoms with Crippen LogP contribution in [0, 0.1) is 0 Å². The Kier molecular flexibility index (Phi) is 3.55. The van der Waals surface area contributed by atoms with Crippen molar-refractivity contribution in [3.8, 4) is 0 Å². The Balaban J connectivity index is 2.34. The second-order valence-corrected chi connectivity index (χ2v) is 3.93. The predicted octanol–water partition coefficient (Wildman–Crippen LogP) is 3.56. The Morgan fingerprint density at radius 3 is 2.21 bits per heavy atom. The third kappa shape index (κ3) is 3.58. The minimum atomic E-state index is -4.56. The van der Waals surface area contributed by atoms with E-state index in [0.717, 1.165) is 17.7 Å². The highest BCUT2D eigenvalue weighted by Gasteiger charge is 2.31. The molecule has 0 spiro atoms. The molecule has 0 aliphatic carbocycles. The summed E-state index contributed by atoms with van der Waals surface area (Å²) in [4.78, 5) is 13.0. The first kappa shape index (κ1) is 13.1. The van der Waals surface area contributed by atoms with Crippen LogP contribution in [-0.2, 0) is 6.18 Å².